The highest BCUT2D eigenvalue weighted by molar-refractivity contribution is 5.82. The van der Waals surface area contributed by atoms with Crippen LogP contribution in [0.25, 0.3) is 0 Å². The highest BCUT2D eigenvalue weighted by atomic mass is 16.5. The van der Waals surface area contributed by atoms with Crippen molar-refractivity contribution in [2.24, 2.45) is 11.1 Å². The van der Waals surface area contributed by atoms with Crippen molar-refractivity contribution in [3.63, 3.8) is 0 Å². The summed E-state index contributed by atoms with van der Waals surface area (Å²) in [5.74, 6) is -1.21. The van der Waals surface area contributed by atoms with Gasteiger partial charge in [0.15, 0.2) is 0 Å². The molecule has 16 heavy (non-hydrogen) atoms. The number of ether oxygens (including phenoxy) is 1. The van der Waals surface area contributed by atoms with E-state index in [1.54, 1.807) is 6.92 Å². The van der Waals surface area contributed by atoms with Crippen molar-refractivity contribution in [1.82, 2.24) is 5.32 Å². The molecule has 0 aromatic heterocycles. The molecule has 6 nitrogen and oxygen atoms in total. The van der Waals surface area contributed by atoms with Crippen molar-refractivity contribution in [3.8, 4) is 0 Å². The van der Waals surface area contributed by atoms with Crippen molar-refractivity contribution in [3.05, 3.63) is 0 Å². The number of aliphatic carboxylic acids is 1. The van der Waals surface area contributed by atoms with Crippen LogP contribution in [-0.4, -0.2) is 42.8 Å². The molecule has 1 atom stereocenters. The first-order chi connectivity index (χ1) is 7.48. The van der Waals surface area contributed by atoms with Crippen LogP contribution >= 0.6 is 0 Å². The minimum atomic E-state index is -0.900. The van der Waals surface area contributed by atoms with E-state index in [4.69, 9.17) is 10.5 Å². The molecule has 0 aliphatic carbocycles. The van der Waals surface area contributed by atoms with Gasteiger partial charge in [0, 0.05) is 19.8 Å². The molecule has 1 aliphatic rings. The molecule has 1 rings (SSSR count). The number of amides is 1. The zero-order chi connectivity index (χ0) is 12.2. The van der Waals surface area contributed by atoms with Crippen molar-refractivity contribution in [2.45, 2.75) is 25.8 Å². The van der Waals surface area contributed by atoms with Gasteiger partial charge in [0.1, 0.15) is 0 Å². The molecule has 0 unspecified atom stereocenters. The zero-order valence-corrected chi connectivity index (χ0v) is 9.36. The van der Waals surface area contributed by atoms with Crippen molar-refractivity contribution in [2.75, 3.05) is 19.8 Å². The number of hydrogen-bond donors (Lipinski definition) is 3. The molecule has 4 N–H and O–H groups in total. The predicted octanol–water partition coefficient (Wildman–Crippen LogP) is -0.669. The lowest BCUT2D eigenvalue weighted by atomic mass is 9.80. The number of carbonyl (C=O) groups is 2. The van der Waals surface area contributed by atoms with Crippen molar-refractivity contribution >= 4 is 11.9 Å². The Morgan fingerprint density at radius 1 is 1.50 bits per heavy atom. The van der Waals surface area contributed by atoms with Gasteiger partial charge in [0.05, 0.1) is 11.5 Å². The molecule has 0 aromatic rings. The summed E-state index contributed by atoms with van der Waals surface area (Å²) in [6, 6.07) is -0.620. The van der Waals surface area contributed by atoms with Gasteiger partial charge in [-0.3, -0.25) is 9.59 Å². The second-order valence-corrected chi connectivity index (χ2v) is 4.20. The van der Waals surface area contributed by atoms with E-state index in [0.29, 0.717) is 26.1 Å². The second kappa shape index (κ2) is 5.27. The number of rotatable bonds is 4. The minimum Gasteiger partial charge on any atom is -0.481 e. The predicted molar refractivity (Wildman–Crippen MR) is 56.8 cm³/mol. The maximum absolute atomic E-state index is 11.3. The molecule has 1 aliphatic heterocycles. The van der Waals surface area contributed by atoms with Gasteiger partial charge in [-0.1, -0.05) is 0 Å². The summed E-state index contributed by atoms with van der Waals surface area (Å²) < 4.78 is 5.13. The van der Waals surface area contributed by atoms with Crippen LogP contribution in [0, 0.1) is 5.41 Å². The minimum absolute atomic E-state index is 0.117. The van der Waals surface area contributed by atoms with Crippen LogP contribution in [0.15, 0.2) is 0 Å². The van der Waals surface area contributed by atoms with Crippen molar-refractivity contribution < 1.29 is 19.4 Å². The van der Waals surface area contributed by atoms with Crippen LogP contribution in [0.4, 0.5) is 0 Å². The molecule has 6 heteroatoms. The molecule has 0 saturated carbocycles. The molecule has 92 valence electrons. The maximum Gasteiger partial charge on any atom is 0.311 e. The highest BCUT2D eigenvalue weighted by Gasteiger charge is 2.40. The lowest BCUT2D eigenvalue weighted by Gasteiger charge is -2.33. The molecular formula is C10H18N2O4. The Labute approximate surface area is 94.1 Å². The third-order valence-electron chi connectivity index (χ3n) is 2.92. The fourth-order valence-corrected chi connectivity index (χ4v) is 1.65. The van der Waals surface area contributed by atoms with E-state index in [9.17, 15) is 14.7 Å². The molecule has 0 bridgehead atoms. The van der Waals surface area contributed by atoms with E-state index in [2.05, 4.69) is 5.32 Å². The largest absolute Gasteiger partial charge is 0.481 e. The van der Waals surface area contributed by atoms with Gasteiger partial charge in [0.25, 0.3) is 0 Å². The summed E-state index contributed by atoms with van der Waals surface area (Å²) >= 11 is 0. The van der Waals surface area contributed by atoms with Gasteiger partial charge in [0.2, 0.25) is 5.91 Å². The summed E-state index contributed by atoms with van der Waals surface area (Å²) in [5.41, 5.74) is 4.49. The molecular weight excluding hydrogens is 212 g/mol. The SMILES string of the molecule is C[C@H](N)C(=O)NCC1(C(=O)O)CCOCC1. The first-order valence-corrected chi connectivity index (χ1v) is 5.32. The van der Waals surface area contributed by atoms with Crippen LogP contribution in [0.2, 0.25) is 0 Å². The Hall–Kier alpha value is -1.14. The first-order valence-electron chi connectivity index (χ1n) is 5.32. The number of nitrogens with two attached hydrogens (primary N) is 1. The van der Waals surface area contributed by atoms with E-state index in [1.807, 2.05) is 0 Å². The third kappa shape index (κ3) is 2.93. The molecule has 1 heterocycles. The first kappa shape index (κ1) is 12.9. The molecule has 1 saturated heterocycles. The van der Waals surface area contributed by atoms with E-state index in [1.165, 1.54) is 0 Å². The van der Waals surface area contributed by atoms with Crippen LogP contribution < -0.4 is 11.1 Å². The summed E-state index contributed by atoms with van der Waals surface area (Å²) in [6.45, 7) is 2.51. The number of nitrogens with one attached hydrogen (secondary N) is 1. The third-order valence-corrected chi connectivity index (χ3v) is 2.92. The average Bonchev–Trinajstić information content (AvgIpc) is 2.26. The van der Waals surface area contributed by atoms with Crippen LogP contribution in [-0.2, 0) is 14.3 Å². The summed E-state index contributed by atoms with van der Waals surface area (Å²) in [4.78, 5) is 22.5. The number of carbonyl (C=O) groups excluding carboxylic acids is 1. The van der Waals surface area contributed by atoms with Gasteiger partial charge in [-0.05, 0) is 19.8 Å². The monoisotopic (exact) mass is 230 g/mol. The van der Waals surface area contributed by atoms with Crippen LogP contribution in [0.1, 0.15) is 19.8 Å². The zero-order valence-electron chi connectivity index (χ0n) is 9.36. The molecule has 0 spiro atoms. The summed E-state index contributed by atoms with van der Waals surface area (Å²) in [5, 5.41) is 11.8. The number of hydrogen-bond acceptors (Lipinski definition) is 4. The normalized spacial score (nSPS) is 21.1. The number of carboxylic acid groups (broad SMARTS) is 1. The molecule has 0 radical (unpaired) electrons. The quantitative estimate of drug-likeness (QED) is 0.594. The van der Waals surface area contributed by atoms with Gasteiger partial charge in [-0.2, -0.15) is 0 Å². The Morgan fingerprint density at radius 2 is 2.06 bits per heavy atom. The Morgan fingerprint density at radius 3 is 2.50 bits per heavy atom. The van der Waals surface area contributed by atoms with Gasteiger partial charge in [-0.25, -0.2) is 0 Å². The van der Waals surface area contributed by atoms with E-state index >= 15 is 0 Å². The fraction of sp³-hybridized carbons (Fsp3) is 0.800. The van der Waals surface area contributed by atoms with Crippen molar-refractivity contribution in [1.29, 1.82) is 0 Å². The van der Waals surface area contributed by atoms with E-state index < -0.39 is 17.4 Å². The van der Waals surface area contributed by atoms with Crippen LogP contribution in [0.5, 0.6) is 0 Å². The highest BCUT2D eigenvalue weighted by Crippen LogP contribution is 2.29. The van der Waals surface area contributed by atoms with E-state index in [0.717, 1.165) is 0 Å². The molecule has 1 fully saturated rings. The molecule has 1 amide bonds. The Bertz CT molecular complexity index is 272. The fourth-order valence-electron chi connectivity index (χ4n) is 1.65. The second-order valence-electron chi connectivity index (χ2n) is 4.20. The van der Waals surface area contributed by atoms with Crippen LogP contribution in [0.3, 0.4) is 0 Å². The lowest BCUT2D eigenvalue weighted by molar-refractivity contribution is -0.154. The lowest BCUT2D eigenvalue weighted by Crippen LogP contribution is -2.49. The van der Waals surface area contributed by atoms with Gasteiger partial charge in [-0.15, -0.1) is 0 Å². The molecule has 0 aromatic carbocycles. The van der Waals surface area contributed by atoms with Gasteiger partial charge >= 0.3 is 5.97 Å². The average molecular weight is 230 g/mol. The Balaban J connectivity index is 2.58. The van der Waals surface area contributed by atoms with Gasteiger partial charge < -0.3 is 20.9 Å². The maximum atomic E-state index is 11.3. The smallest absolute Gasteiger partial charge is 0.311 e. The summed E-state index contributed by atoms with van der Waals surface area (Å²) in [6.07, 6.45) is 0.836. The van der Waals surface area contributed by atoms with E-state index in [-0.39, 0.29) is 12.5 Å². The standard InChI is InChI=1S/C10H18N2O4/c1-7(11)8(13)12-6-10(9(14)15)2-4-16-5-3-10/h7H,2-6,11H2,1H3,(H,12,13)(H,14,15)/t7-/m0/s1. The number of carboxylic acids is 1. The summed E-state index contributed by atoms with van der Waals surface area (Å²) in [7, 11) is 0. The Kier molecular flexibility index (Phi) is 4.26. The topological polar surface area (TPSA) is 102 Å².